The van der Waals surface area contributed by atoms with Crippen LogP contribution in [0.1, 0.15) is 6.42 Å². The van der Waals surface area contributed by atoms with Crippen molar-refractivity contribution in [2.75, 3.05) is 49.2 Å². The van der Waals surface area contributed by atoms with E-state index in [2.05, 4.69) is 39.1 Å². The molecule has 0 saturated carbocycles. The number of pyridine rings is 1. The monoisotopic (exact) mass is 405 g/mol. The summed E-state index contributed by atoms with van der Waals surface area (Å²) in [5, 5.41) is 9.37. The third kappa shape index (κ3) is 3.54. The Morgan fingerprint density at radius 3 is 2.53 bits per heavy atom. The highest BCUT2D eigenvalue weighted by Crippen LogP contribution is 2.31. The molecule has 30 heavy (non-hydrogen) atoms. The minimum atomic E-state index is -0.761. The zero-order valence-electron chi connectivity index (χ0n) is 16.6. The quantitative estimate of drug-likeness (QED) is 0.708. The highest BCUT2D eigenvalue weighted by atomic mass is 16.5. The molecule has 1 aromatic carbocycles. The van der Waals surface area contributed by atoms with E-state index in [0.29, 0.717) is 30.8 Å². The molecule has 2 aliphatic heterocycles. The second kappa shape index (κ2) is 7.87. The summed E-state index contributed by atoms with van der Waals surface area (Å²) in [6.45, 7) is 4.38. The normalized spacial score (nSPS) is 19.4. The summed E-state index contributed by atoms with van der Waals surface area (Å²) >= 11 is 0. The number of carbonyl (C=O) groups is 1. The summed E-state index contributed by atoms with van der Waals surface area (Å²) in [5.74, 6) is -0.436. The molecule has 2 saturated heterocycles. The van der Waals surface area contributed by atoms with Crippen molar-refractivity contribution < 1.29 is 14.6 Å². The Hall–Kier alpha value is -3.26. The Kier molecular flexibility index (Phi) is 4.92. The number of nitrogens with zero attached hydrogens (tertiary/aromatic N) is 5. The van der Waals surface area contributed by atoms with Crippen molar-refractivity contribution in [2.45, 2.75) is 6.42 Å². The van der Waals surface area contributed by atoms with E-state index in [0.717, 1.165) is 43.1 Å². The maximum Gasteiger partial charge on any atom is 0.308 e. The minimum absolute atomic E-state index is 0.380. The maximum absolute atomic E-state index is 11.4. The van der Waals surface area contributed by atoms with Crippen molar-refractivity contribution in [3.8, 4) is 11.3 Å². The first-order valence-electron chi connectivity index (χ1n) is 10.2. The van der Waals surface area contributed by atoms with E-state index in [9.17, 15) is 9.90 Å². The molecule has 8 heteroatoms. The van der Waals surface area contributed by atoms with Gasteiger partial charge in [-0.05, 0) is 24.6 Å². The topological polar surface area (TPSA) is 91.7 Å². The second-order valence-electron chi connectivity index (χ2n) is 7.67. The lowest BCUT2D eigenvalue weighted by molar-refractivity contribution is -0.140. The largest absolute Gasteiger partial charge is 0.481 e. The molecule has 1 N–H and O–H groups in total. The molecule has 2 aromatic heterocycles. The summed E-state index contributed by atoms with van der Waals surface area (Å²) < 4.78 is 5.43. The number of ether oxygens (including phenoxy) is 1. The Balaban J connectivity index is 1.50. The van der Waals surface area contributed by atoms with Crippen LogP contribution >= 0.6 is 0 Å². The zero-order chi connectivity index (χ0) is 20.5. The number of fused-ring (bicyclic) bond motifs is 1. The maximum atomic E-state index is 11.4. The Bertz CT molecular complexity index is 1070. The van der Waals surface area contributed by atoms with Gasteiger partial charge in [-0.15, -0.1) is 0 Å². The van der Waals surface area contributed by atoms with Gasteiger partial charge in [0.15, 0.2) is 5.82 Å². The molecule has 0 unspecified atom stereocenters. The molecule has 0 bridgehead atoms. The van der Waals surface area contributed by atoms with Gasteiger partial charge in [0.2, 0.25) is 0 Å². The minimum Gasteiger partial charge on any atom is -0.481 e. The van der Waals surface area contributed by atoms with Gasteiger partial charge in [-0.1, -0.05) is 12.1 Å². The zero-order valence-corrected chi connectivity index (χ0v) is 16.6. The van der Waals surface area contributed by atoms with Gasteiger partial charge >= 0.3 is 5.97 Å². The van der Waals surface area contributed by atoms with Crippen LogP contribution in [0.3, 0.4) is 0 Å². The van der Waals surface area contributed by atoms with Gasteiger partial charge in [0.05, 0.1) is 30.3 Å². The number of hydrogen-bond acceptors (Lipinski definition) is 7. The highest BCUT2D eigenvalue weighted by Gasteiger charge is 2.30. The molecule has 8 nitrogen and oxygen atoms in total. The van der Waals surface area contributed by atoms with E-state index >= 15 is 0 Å². The van der Waals surface area contributed by atoms with Crippen molar-refractivity contribution in [3.63, 3.8) is 0 Å². The van der Waals surface area contributed by atoms with E-state index in [-0.39, 0.29) is 5.92 Å². The molecule has 2 aliphatic rings. The second-order valence-corrected chi connectivity index (χ2v) is 7.67. The van der Waals surface area contributed by atoms with Crippen LogP contribution in [0.15, 0.2) is 42.7 Å². The summed E-state index contributed by atoms with van der Waals surface area (Å²) in [6, 6.07) is 10.3. The first-order chi connectivity index (χ1) is 14.7. The first kappa shape index (κ1) is 18.7. The van der Waals surface area contributed by atoms with Crippen LogP contribution in [0.25, 0.3) is 22.3 Å². The molecule has 154 valence electrons. The first-order valence-corrected chi connectivity index (χ1v) is 10.2. The molecule has 0 radical (unpaired) electrons. The number of aliphatic carboxylic acids is 1. The van der Waals surface area contributed by atoms with Crippen LogP contribution in [0.2, 0.25) is 0 Å². The number of hydrogen-bond donors (Lipinski definition) is 1. The summed E-state index contributed by atoms with van der Waals surface area (Å²) in [7, 11) is 0. The van der Waals surface area contributed by atoms with Crippen LogP contribution < -0.4 is 9.80 Å². The molecule has 0 aliphatic carbocycles. The number of carboxylic acid groups (broad SMARTS) is 1. The number of carboxylic acids is 1. The third-order valence-electron chi connectivity index (χ3n) is 5.81. The van der Waals surface area contributed by atoms with Crippen LogP contribution in [0.4, 0.5) is 11.5 Å². The lowest BCUT2D eigenvalue weighted by Crippen LogP contribution is -2.36. The molecule has 0 amide bonds. The van der Waals surface area contributed by atoms with Crippen LogP contribution in [-0.2, 0) is 9.53 Å². The van der Waals surface area contributed by atoms with Crippen molar-refractivity contribution in [2.24, 2.45) is 5.92 Å². The van der Waals surface area contributed by atoms with E-state index < -0.39 is 5.97 Å². The number of aromatic nitrogens is 3. The average molecular weight is 405 g/mol. The van der Waals surface area contributed by atoms with E-state index in [1.54, 1.807) is 12.4 Å². The number of benzene rings is 1. The molecule has 3 aromatic rings. The van der Waals surface area contributed by atoms with E-state index in [4.69, 9.17) is 9.72 Å². The predicted molar refractivity (Wildman–Crippen MR) is 114 cm³/mol. The molecule has 1 atom stereocenters. The van der Waals surface area contributed by atoms with Gasteiger partial charge in [-0.2, -0.15) is 0 Å². The van der Waals surface area contributed by atoms with Gasteiger partial charge in [0.1, 0.15) is 5.52 Å². The Morgan fingerprint density at radius 2 is 1.80 bits per heavy atom. The van der Waals surface area contributed by atoms with Crippen LogP contribution in [0, 0.1) is 5.92 Å². The standard InChI is InChI=1S/C22H23N5O3/c28-22(29)16-5-8-27(14-16)21-20-19(23-6-7-24-20)13-18(25-21)15-1-3-17(4-2-15)26-9-11-30-12-10-26/h1-4,6-7,13,16H,5,8-12,14H2,(H,28,29)/t16-/m0/s1. The fourth-order valence-corrected chi connectivity index (χ4v) is 4.14. The molecule has 0 spiro atoms. The predicted octanol–water partition coefficient (Wildman–Crippen LogP) is 2.44. The summed E-state index contributed by atoms with van der Waals surface area (Å²) in [4.78, 5) is 29.6. The van der Waals surface area contributed by atoms with E-state index in [1.165, 1.54) is 5.69 Å². The average Bonchev–Trinajstić information content (AvgIpc) is 3.30. The molecule has 2 fully saturated rings. The molecule has 4 heterocycles. The lowest BCUT2D eigenvalue weighted by Gasteiger charge is -2.28. The van der Waals surface area contributed by atoms with Crippen LogP contribution in [-0.4, -0.2) is 65.4 Å². The number of rotatable bonds is 4. The van der Waals surface area contributed by atoms with Gasteiger partial charge in [-0.25, -0.2) is 9.97 Å². The van der Waals surface area contributed by atoms with Gasteiger partial charge in [0, 0.05) is 49.8 Å². The number of morpholine rings is 1. The Morgan fingerprint density at radius 1 is 1.03 bits per heavy atom. The van der Waals surface area contributed by atoms with Crippen LogP contribution in [0.5, 0.6) is 0 Å². The molecular formula is C22H23N5O3. The van der Waals surface area contributed by atoms with E-state index in [1.807, 2.05) is 11.0 Å². The number of anilines is 2. The smallest absolute Gasteiger partial charge is 0.308 e. The van der Waals surface area contributed by atoms with Crippen molar-refractivity contribution in [3.05, 3.63) is 42.7 Å². The fourth-order valence-electron chi connectivity index (χ4n) is 4.14. The summed E-state index contributed by atoms with van der Waals surface area (Å²) in [5.41, 5.74) is 4.44. The van der Waals surface area contributed by atoms with Gasteiger partial charge in [-0.3, -0.25) is 9.78 Å². The molecule has 5 rings (SSSR count). The van der Waals surface area contributed by atoms with Gasteiger partial charge < -0.3 is 19.6 Å². The summed E-state index contributed by atoms with van der Waals surface area (Å²) in [6.07, 6.45) is 3.92. The third-order valence-corrected chi connectivity index (χ3v) is 5.81. The highest BCUT2D eigenvalue weighted by molar-refractivity contribution is 5.89. The van der Waals surface area contributed by atoms with Crippen molar-refractivity contribution in [1.29, 1.82) is 0 Å². The fraction of sp³-hybridized carbons (Fsp3) is 0.364. The lowest BCUT2D eigenvalue weighted by atomic mass is 10.1. The molecular weight excluding hydrogens is 382 g/mol. The Labute approximate surface area is 174 Å². The van der Waals surface area contributed by atoms with Crippen molar-refractivity contribution >= 4 is 28.5 Å². The van der Waals surface area contributed by atoms with Gasteiger partial charge in [0.25, 0.3) is 0 Å². The van der Waals surface area contributed by atoms with Crippen molar-refractivity contribution in [1.82, 2.24) is 15.0 Å². The SMILES string of the molecule is O=C(O)[C@H]1CCN(c2nc(-c3ccc(N4CCOCC4)cc3)cc3nccnc23)C1.